The van der Waals surface area contributed by atoms with Gasteiger partial charge >= 0.3 is 5.97 Å². The molecule has 0 aliphatic carbocycles. The Labute approximate surface area is 154 Å². The summed E-state index contributed by atoms with van der Waals surface area (Å²) in [5.41, 5.74) is 1.10. The van der Waals surface area contributed by atoms with Gasteiger partial charge < -0.3 is 10.1 Å². The van der Waals surface area contributed by atoms with Crippen LogP contribution in [0.5, 0.6) is 0 Å². The molecule has 0 aromatic heterocycles. The van der Waals surface area contributed by atoms with Crippen molar-refractivity contribution in [2.45, 2.75) is 20.0 Å². The maximum atomic E-state index is 12.2. The van der Waals surface area contributed by atoms with Crippen LogP contribution in [-0.2, 0) is 9.53 Å². The maximum Gasteiger partial charge on any atom is 0.338 e. The van der Waals surface area contributed by atoms with Gasteiger partial charge in [-0.05, 0) is 44.2 Å². The van der Waals surface area contributed by atoms with Crippen LogP contribution in [0.1, 0.15) is 34.6 Å². The number of benzene rings is 2. The molecule has 130 valence electrons. The quantitative estimate of drug-likeness (QED) is 0.617. The van der Waals surface area contributed by atoms with Crippen molar-refractivity contribution in [2.24, 2.45) is 0 Å². The van der Waals surface area contributed by atoms with Crippen LogP contribution in [0.3, 0.4) is 0 Å². The summed E-state index contributed by atoms with van der Waals surface area (Å²) < 4.78 is 5.12. The summed E-state index contributed by atoms with van der Waals surface area (Å²) in [4.78, 5) is 35.6. The Kier molecular flexibility index (Phi) is 6.17. The van der Waals surface area contributed by atoms with Crippen molar-refractivity contribution in [1.29, 1.82) is 0 Å². The summed E-state index contributed by atoms with van der Waals surface area (Å²) in [5, 5.41) is 3.13. The first-order valence-electron chi connectivity index (χ1n) is 7.36. The molecule has 7 heteroatoms. The number of Topliss-reactive ketones (excluding diaryl/α,β-unsaturated/α-hetero) is 1. The average Bonchev–Trinajstić information content (AvgIpc) is 2.57. The number of hydrogen-bond donors (Lipinski definition) is 1. The van der Waals surface area contributed by atoms with E-state index in [0.29, 0.717) is 16.3 Å². The number of carbonyl (C=O) groups is 3. The summed E-state index contributed by atoms with van der Waals surface area (Å²) in [6.07, 6.45) is -1.04. The largest absolute Gasteiger partial charge is 0.449 e. The molecule has 0 spiro atoms. The molecular formula is C18H15Cl2NO4. The van der Waals surface area contributed by atoms with Gasteiger partial charge in [-0.25, -0.2) is 4.79 Å². The van der Waals surface area contributed by atoms with Gasteiger partial charge in [-0.1, -0.05) is 35.3 Å². The highest BCUT2D eigenvalue weighted by atomic mass is 35.5. The number of hydrogen-bond acceptors (Lipinski definition) is 4. The van der Waals surface area contributed by atoms with Gasteiger partial charge in [-0.3, -0.25) is 9.59 Å². The first-order valence-corrected chi connectivity index (χ1v) is 8.11. The lowest BCUT2D eigenvalue weighted by atomic mass is 10.1. The zero-order chi connectivity index (χ0) is 18.6. The molecule has 0 aliphatic rings. The van der Waals surface area contributed by atoms with E-state index in [-0.39, 0.29) is 16.4 Å². The van der Waals surface area contributed by atoms with Gasteiger partial charge in [0.15, 0.2) is 11.9 Å². The fourth-order valence-electron chi connectivity index (χ4n) is 1.97. The van der Waals surface area contributed by atoms with E-state index in [4.69, 9.17) is 27.9 Å². The summed E-state index contributed by atoms with van der Waals surface area (Å²) in [6.45, 7) is 2.88. The molecule has 2 aromatic carbocycles. The molecule has 1 amide bonds. The molecule has 1 N–H and O–H groups in total. The summed E-state index contributed by atoms with van der Waals surface area (Å²) in [6, 6.07) is 10.8. The number of ketones is 1. The molecule has 0 bridgehead atoms. The number of carbonyl (C=O) groups excluding carboxylic acids is 3. The molecule has 0 fully saturated rings. The van der Waals surface area contributed by atoms with Crippen LogP contribution < -0.4 is 5.32 Å². The zero-order valence-electron chi connectivity index (χ0n) is 13.5. The van der Waals surface area contributed by atoms with Crippen molar-refractivity contribution < 1.29 is 19.1 Å². The molecule has 5 nitrogen and oxygen atoms in total. The van der Waals surface area contributed by atoms with Crippen molar-refractivity contribution >= 4 is 46.5 Å². The first kappa shape index (κ1) is 19.0. The zero-order valence-corrected chi connectivity index (χ0v) is 15.0. The van der Waals surface area contributed by atoms with E-state index < -0.39 is 18.0 Å². The third-order valence-corrected chi connectivity index (χ3v) is 4.08. The number of esters is 1. The molecule has 0 heterocycles. The third kappa shape index (κ3) is 5.05. The van der Waals surface area contributed by atoms with Crippen LogP contribution in [0.4, 0.5) is 5.69 Å². The standard InChI is InChI=1S/C18H15Cl2NO4/c1-10(22)12-4-3-5-14(8-12)21-17(23)11(2)25-18(24)13-6-7-15(19)16(20)9-13/h3-9,11H,1-2H3,(H,21,23)/t11-/m0/s1. The van der Waals surface area contributed by atoms with Crippen molar-refractivity contribution in [1.82, 2.24) is 0 Å². The minimum Gasteiger partial charge on any atom is -0.449 e. The number of halogens is 2. The predicted octanol–water partition coefficient (Wildman–Crippen LogP) is 4.38. The van der Waals surface area contributed by atoms with Crippen LogP contribution in [0.15, 0.2) is 42.5 Å². The third-order valence-electron chi connectivity index (χ3n) is 3.34. The van der Waals surface area contributed by atoms with Crippen LogP contribution in [0.2, 0.25) is 10.0 Å². The lowest BCUT2D eigenvalue weighted by Gasteiger charge is -2.14. The second-order valence-electron chi connectivity index (χ2n) is 5.30. The van der Waals surface area contributed by atoms with E-state index >= 15 is 0 Å². The van der Waals surface area contributed by atoms with Gasteiger partial charge in [0.05, 0.1) is 15.6 Å². The summed E-state index contributed by atoms with van der Waals surface area (Å²) >= 11 is 11.7. The molecule has 25 heavy (non-hydrogen) atoms. The molecule has 1 atom stereocenters. The Morgan fingerprint density at radius 2 is 1.72 bits per heavy atom. The van der Waals surface area contributed by atoms with Gasteiger partial charge in [0.25, 0.3) is 5.91 Å². The molecule has 0 unspecified atom stereocenters. The normalized spacial score (nSPS) is 11.5. The number of ether oxygens (including phenoxy) is 1. The van der Waals surface area contributed by atoms with E-state index in [0.717, 1.165) is 0 Å². The fraction of sp³-hybridized carbons (Fsp3) is 0.167. The minimum absolute atomic E-state index is 0.116. The summed E-state index contributed by atoms with van der Waals surface area (Å²) in [5.74, 6) is -1.33. The van der Waals surface area contributed by atoms with E-state index in [1.54, 1.807) is 24.3 Å². The molecular weight excluding hydrogens is 365 g/mol. The van der Waals surface area contributed by atoms with Crippen LogP contribution in [0.25, 0.3) is 0 Å². The van der Waals surface area contributed by atoms with Crippen molar-refractivity contribution in [3.63, 3.8) is 0 Å². The average molecular weight is 380 g/mol. The second kappa shape index (κ2) is 8.14. The molecule has 0 saturated heterocycles. The van der Waals surface area contributed by atoms with Gasteiger partial charge in [0, 0.05) is 11.3 Å². The fourth-order valence-corrected chi connectivity index (χ4v) is 2.26. The Morgan fingerprint density at radius 1 is 1.00 bits per heavy atom. The summed E-state index contributed by atoms with van der Waals surface area (Å²) in [7, 11) is 0. The Morgan fingerprint density at radius 3 is 2.36 bits per heavy atom. The topological polar surface area (TPSA) is 72.5 Å². The molecule has 0 radical (unpaired) electrons. The van der Waals surface area contributed by atoms with Crippen molar-refractivity contribution in [2.75, 3.05) is 5.32 Å². The number of nitrogens with one attached hydrogen (secondary N) is 1. The monoisotopic (exact) mass is 379 g/mol. The highest BCUT2D eigenvalue weighted by Gasteiger charge is 2.20. The van der Waals surface area contributed by atoms with Crippen molar-refractivity contribution in [3.05, 3.63) is 63.6 Å². The molecule has 0 saturated carbocycles. The van der Waals surface area contributed by atoms with Crippen LogP contribution in [-0.4, -0.2) is 23.8 Å². The van der Waals surface area contributed by atoms with Gasteiger partial charge in [-0.2, -0.15) is 0 Å². The van der Waals surface area contributed by atoms with Crippen LogP contribution >= 0.6 is 23.2 Å². The second-order valence-corrected chi connectivity index (χ2v) is 6.12. The highest BCUT2D eigenvalue weighted by molar-refractivity contribution is 6.42. The van der Waals surface area contributed by atoms with Crippen molar-refractivity contribution in [3.8, 4) is 0 Å². The van der Waals surface area contributed by atoms with Gasteiger partial charge in [0.2, 0.25) is 0 Å². The predicted molar refractivity (Wildman–Crippen MR) is 96.4 cm³/mol. The smallest absolute Gasteiger partial charge is 0.338 e. The number of anilines is 1. The van der Waals surface area contributed by atoms with Crippen LogP contribution in [0, 0.1) is 0 Å². The van der Waals surface area contributed by atoms with E-state index in [1.807, 2.05) is 0 Å². The van der Waals surface area contributed by atoms with E-state index in [9.17, 15) is 14.4 Å². The Balaban J connectivity index is 2.02. The Bertz CT molecular complexity index is 836. The lowest BCUT2D eigenvalue weighted by Crippen LogP contribution is -2.30. The molecule has 2 aromatic rings. The molecule has 2 rings (SSSR count). The van der Waals surface area contributed by atoms with E-state index in [2.05, 4.69) is 5.32 Å². The van der Waals surface area contributed by atoms with E-state index in [1.165, 1.54) is 32.0 Å². The maximum absolute atomic E-state index is 12.2. The number of amides is 1. The number of rotatable bonds is 5. The van der Waals surface area contributed by atoms with Gasteiger partial charge in [0.1, 0.15) is 0 Å². The first-order chi connectivity index (χ1) is 11.8. The minimum atomic E-state index is -1.04. The van der Waals surface area contributed by atoms with Gasteiger partial charge in [-0.15, -0.1) is 0 Å². The molecule has 0 aliphatic heterocycles. The Hall–Kier alpha value is -2.37. The highest BCUT2D eigenvalue weighted by Crippen LogP contribution is 2.23. The SMILES string of the molecule is CC(=O)c1cccc(NC(=O)[C@H](C)OC(=O)c2ccc(Cl)c(Cl)c2)c1. The lowest BCUT2D eigenvalue weighted by molar-refractivity contribution is -0.123.